The van der Waals surface area contributed by atoms with Crippen LogP contribution in [0.5, 0.6) is 0 Å². The average Bonchev–Trinajstić information content (AvgIpc) is 3.09. The molecule has 3 rings (SSSR count). The quantitative estimate of drug-likeness (QED) is 0.488. The lowest BCUT2D eigenvalue weighted by Gasteiger charge is -2.13. The van der Waals surface area contributed by atoms with Crippen LogP contribution in [0, 0.1) is 0 Å². The zero-order valence-electron chi connectivity index (χ0n) is 19.0. The molecule has 2 nitrogen and oxygen atoms in total. The van der Waals surface area contributed by atoms with E-state index in [9.17, 15) is 4.79 Å². The number of esters is 1. The summed E-state index contributed by atoms with van der Waals surface area (Å²) in [6.07, 6.45) is 3.96. The molecule has 0 spiro atoms. The van der Waals surface area contributed by atoms with Gasteiger partial charge in [0, 0.05) is 12.3 Å². The Morgan fingerprint density at radius 1 is 0.750 bits per heavy atom. The van der Waals surface area contributed by atoms with E-state index in [0.717, 1.165) is 6.42 Å². The average molecular weight is 385 g/mol. The van der Waals surface area contributed by atoms with E-state index in [1.54, 1.807) is 0 Å². The Balaban J connectivity index is 0.000000797. The fourth-order valence-corrected chi connectivity index (χ4v) is 2.89. The van der Waals surface area contributed by atoms with Gasteiger partial charge >= 0.3 is 5.97 Å². The number of carbonyl (C=O) groups is 1. The van der Waals surface area contributed by atoms with Gasteiger partial charge in [0.2, 0.25) is 0 Å². The molecule has 0 atom stereocenters. The van der Waals surface area contributed by atoms with E-state index in [4.69, 9.17) is 4.74 Å². The first-order valence-electron chi connectivity index (χ1n) is 11.1. The molecule has 0 saturated heterocycles. The molecule has 0 saturated carbocycles. The SMILES string of the molecule is CC.CC.CCCC.CCCC(=O)OCC1c2ccccc2-c2ccccc21. The number of ether oxygens (including phenoxy) is 1. The molecule has 0 aromatic heterocycles. The Bertz CT molecular complexity index is 613. The third-order valence-corrected chi connectivity index (χ3v) is 4.33. The van der Waals surface area contributed by atoms with Crippen molar-refractivity contribution >= 4 is 5.97 Å². The van der Waals surface area contributed by atoms with Crippen molar-refractivity contribution < 1.29 is 9.53 Å². The summed E-state index contributed by atoms with van der Waals surface area (Å²) in [5.74, 6) is 0.0672. The van der Waals surface area contributed by atoms with Crippen molar-refractivity contribution in [3.8, 4) is 11.1 Å². The Morgan fingerprint density at radius 2 is 1.18 bits per heavy atom. The van der Waals surface area contributed by atoms with Crippen LogP contribution in [0.2, 0.25) is 0 Å². The molecule has 28 heavy (non-hydrogen) atoms. The molecule has 0 aliphatic heterocycles. The summed E-state index contributed by atoms with van der Waals surface area (Å²) in [5.41, 5.74) is 5.05. The molecule has 1 aliphatic rings. The largest absolute Gasteiger partial charge is 0.465 e. The van der Waals surface area contributed by atoms with Crippen LogP contribution >= 0.6 is 0 Å². The molecular formula is C26H40O2. The third kappa shape index (κ3) is 7.50. The topological polar surface area (TPSA) is 26.3 Å². The molecule has 0 fully saturated rings. The number of carbonyl (C=O) groups excluding carboxylic acids is 1. The van der Waals surface area contributed by atoms with Gasteiger partial charge in [-0.05, 0) is 28.7 Å². The molecule has 0 amide bonds. The van der Waals surface area contributed by atoms with Crippen LogP contribution in [-0.4, -0.2) is 12.6 Å². The Morgan fingerprint density at radius 3 is 1.57 bits per heavy atom. The summed E-state index contributed by atoms with van der Waals surface area (Å²) < 4.78 is 5.44. The summed E-state index contributed by atoms with van der Waals surface area (Å²) in [6.45, 7) is 14.8. The van der Waals surface area contributed by atoms with Crippen molar-refractivity contribution in [2.75, 3.05) is 6.61 Å². The molecule has 0 bridgehead atoms. The van der Waals surface area contributed by atoms with Gasteiger partial charge in [-0.15, -0.1) is 0 Å². The van der Waals surface area contributed by atoms with Crippen LogP contribution in [0.3, 0.4) is 0 Å². The maximum absolute atomic E-state index is 11.6. The highest BCUT2D eigenvalue weighted by Gasteiger charge is 2.28. The number of benzene rings is 2. The maximum Gasteiger partial charge on any atom is 0.305 e. The highest BCUT2D eigenvalue weighted by atomic mass is 16.5. The van der Waals surface area contributed by atoms with Gasteiger partial charge in [-0.2, -0.15) is 0 Å². The predicted molar refractivity (Wildman–Crippen MR) is 123 cm³/mol. The lowest BCUT2D eigenvalue weighted by molar-refractivity contribution is -0.143. The molecule has 0 radical (unpaired) electrons. The van der Waals surface area contributed by atoms with Gasteiger partial charge < -0.3 is 4.74 Å². The minimum atomic E-state index is -0.102. The lowest BCUT2D eigenvalue weighted by atomic mass is 9.98. The normalized spacial score (nSPS) is 10.7. The molecule has 2 aromatic carbocycles. The third-order valence-electron chi connectivity index (χ3n) is 4.33. The van der Waals surface area contributed by atoms with Crippen LogP contribution in [0.4, 0.5) is 0 Å². The van der Waals surface area contributed by atoms with Crippen molar-refractivity contribution in [3.05, 3.63) is 59.7 Å². The zero-order chi connectivity index (χ0) is 21.4. The van der Waals surface area contributed by atoms with Crippen LogP contribution < -0.4 is 0 Å². The van der Waals surface area contributed by atoms with Crippen LogP contribution in [0.25, 0.3) is 11.1 Å². The highest BCUT2D eigenvalue weighted by Crippen LogP contribution is 2.44. The Labute approximate surface area is 173 Å². The van der Waals surface area contributed by atoms with Crippen molar-refractivity contribution in [2.24, 2.45) is 0 Å². The summed E-state index contributed by atoms with van der Waals surface area (Å²) in [4.78, 5) is 11.6. The standard InChI is InChI=1S/C18H18O2.C4H10.2C2H6/c1-2-7-18(19)20-12-17-15-10-5-3-8-13(15)14-9-4-6-11-16(14)17;1-3-4-2;2*1-2/h3-6,8-11,17H,2,7,12H2,1H3;3-4H2,1-2H3;2*1-2H3. The van der Waals surface area contributed by atoms with Gasteiger partial charge in [-0.25, -0.2) is 0 Å². The number of hydrogen-bond donors (Lipinski definition) is 0. The Kier molecular flexibility index (Phi) is 14.7. The summed E-state index contributed by atoms with van der Waals surface area (Å²) in [7, 11) is 0. The fraction of sp³-hybridized carbons (Fsp3) is 0.500. The molecule has 1 aliphatic carbocycles. The summed E-state index contributed by atoms with van der Waals surface area (Å²) in [6, 6.07) is 16.8. The van der Waals surface area contributed by atoms with Crippen molar-refractivity contribution in [3.63, 3.8) is 0 Å². The van der Waals surface area contributed by atoms with E-state index in [2.05, 4.69) is 50.2 Å². The molecule has 156 valence electrons. The molecule has 0 unspecified atom stereocenters. The number of hydrogen-bond acceptors (Lipinski definition) is 2. The first-order chi connectivity index (χ1) is 13.7. The number of rotatable bonds is 5. The first kappa shape index (κ1) is 25.9. The second-order valence-electron chi connectivity index (χ2n) is 6.16. The lowest BCUT2D eigenvalue weighted by Crippen LogP contribution is -2.12. The second kappa shape index (κ2) is 15.9. The number of unbranched alkanes of at least 4 members (excludes halogenated alkanes) is 1. The summed E-state index contributed by atoms with van der Waals surface area (Å²) >= 11 is 0. The van der Waals surface area contributed by atoms with Gasteiger partial charge in [-0.3, -0.25) is 4.79 Å². The van der Waals surface area contributed by atoms with E-state index in [-0.39, 0.29) is 11.9 Å². The van der Waals surface area contributed by atoms with Crippen molar-refractivity contribution in [1.29, 1.82) is 0 Å². The molecule has 0 N–H and O–H groups in total. The van der Waals surface area contributed by atoms with Crippen LogP contribution in [-0.2, 0) is 9.53 Å². The monoisotopic (exact) mass is 384 g/mol. The van der Waals surface area contributed by atoms with Crippen LogP contribution in [0.1, 0.15) is 91.2 Å². The first-order valence-corrected chi connectivity index (χ1v) is 11.1. The van der Waals surface area contributed by atoms with Crippen LogP contribution in [0.15, 0.2) is 48.5 Å². The van der Waals surface area contributed by atoms with Gasteiger partial charge in [-0.1, -0.05) is 110 Å². The molecule has 2 heteroatoms. The highest BCUT2D eigenvalue weighted by molar-refractivity contribution is 5.79. The Hall–Kier alpha value is -2.09. The van der Waals surface area contributed by atoms with E-state index in [0.29, 0.717) is 13.0 Å². The molecule has 0 heterocycles. The summed E-state index contributed by atoms with van der Waals surface area (Å²) in [5, 5.41) is 0. The second-order valence-corrected chi connectivity index (χ2v) is 6.16. The van der Waals surface area contributed by atoms with Gasteiger partial charge in [0.15, 0.2) is 0 Å². The minimum absolute atomic E-state index is 0.102. The predicted octanol–water partition coefficient (Wildman–Crippen LogP) is 8.00. The van der Waals surface area contributed by atoms with Gasteiger partial charge in [0.1, 0.15) is 6.61 Å². The number of fused-ring (bicyclic) bond motifs is 3. The maximum atomic E-state index is 11.6. The van der Waals surface area contributed by atoms with Crippen molar-refractivity contribution in [2.45, 2.75) is 80.1 Å². The van der Waals surface area contributed by atoms with Gasteiger partial charge in [0.05, 0.1) is 0 Å². The van der Waals surface area contributed by atoms with E-state index in [1.165, 1.54) is 35.1 Å². The molecule has 2 aromatic rings. The smallest absolute Gasteiger partial charge is 0.305 e. The van der Waals surface area contributed by atoms with E-state index >= 15 is 0 Å². The van der Waals surface area contributed by atoms with E-state index < -0.39 is 0 Å². The fourth-order valence-electron chi connectivity index (χ4n) is 2.89. The van der Waals surface area contributed by atoms with Crippen molar-refractivity contribution in [1.82, 2.24) is 0 Å². The minimum Gasteiger partial charge on any atom is -0.465 e. The zero-order valence-corrected chi connectivity index (χ0v) is 19.0. The van der Waals surface area contributed by atoms with Gasteiger partial charge in [0.25, 0.3) is 0 Å². The molecular weight excluding hydrogens is 344 g/mol. The van der Waals surface area contributed by atoms with E-state index in [1.807, 2.05) is 46.8 Å².